The van der Waals surface area contributed by atoms with E-state index in [9.17, 15) is 4.79 Å². The first-order chi connectivity index (χ1) is 10.6. The zero-order valence-electron chi connectivity index (χ0n) is 12.8. The number of aromatic nitrogens is 3. The zero-order chi connectivity index (χ0) is 15.3. The number of carbonyl (C=O) groups is 1. The van der Waals surface area contributed by atoms with Crippen LogP contribution < -0.4 is 10.2 Å². The number of anilines is 2. The molecule has 0 spiro atoms. The van der Waals surface area contributed by atoms with Gasteiger partial charge in [0.25, 0.3) is 0 Å². The Hall–Kier alpha value is -2.37. The summed E-state index contributed by atoms with van der Waals surface area (Å²) in [7, 11) is 0. The van der Waals surface area contributed by atoms with Crippen LogP contribution in [0.4, 0.5) is 11.5 Å². The van der Waals surface area contributed by atoms with Crippen LogP contribution in [0.1, 0.15) is 32.7 Å². The molecule has 3 heterocycles. The van der Waals surface area contributed by atoms with Crippen molar-refractivity contribution in [1.29, 1.82) is 0 Å². The average Bonchev–Trinajstić information content (AvgIpc) is 3.24. The molecular weight excluding hydrogens is 278 g/mol. The molecule has 2 aromatic rings. The van der Waals surface area contributed by atoms with Crippen molar-refractivity contribution in [2.75, 3.05) is 16.8 Å². The van der Waals surface area contributed by atoms with Crippen LogP contribution in [-0.2, 0) is 4.79 Å². The van der Waals surface area contributed by atoms with Crippen molar-refractivity contribution in [1.82, 2.24) is 14.8 Å². The van der Waals surface area contributed by atoms with Gasteiger partial charge in [0, 0.05) is 25.2 Å². The maximum atomic E-state index is 11.9. The van der Waals surface area contributed by atoms with Gasteiger partial charge in [0.15, 0.2) is 5.82 Å². The third-order valence-corrected chi connectivity index (χ3v) is 4.30. The summed E-state index contributed by atoms with van der Waals surface area (Å²) < 4.78 is 2.02. The summed E-state index contributed by atoms with van der Waals surface area (Å²) in [5, 5.41) is 7.73. The standard InChI is InChI=1S/C16H19N5O/c1-10-7-17-16-15(21(10)11(2)22)6-5-14(19-16)12-8-18-20(9-12)13-3-4-13/h5-6,8-10,13H,3-4,7H2,1-2H3,(H,17,19). The van der Waals surface area contributed by atoms with Crippen molar-refractivity contribution in [3.63, 3.8) is 0 Å². The molecule has 1 atom stereocenters. The Labute approximate surface area is 129 Å². The van der Waals surface area contributed by atoms with Crippen LogP contribution in [0.2, 0.25) is 0 Å². The van der Waals surface area contributed by atoms with Gasteiger partial charge in [-0.25, -0.2) is 4.98 Å². The molecule has 6 heteroatoms. The van der Waals surface area contributed by atoms with Crippen LogP contribution in [0.3, 0.4) is 0 Å². The monoisotopic (exact) mass is 297 g/mol. The van der Waals surface area contributed by atoms with Gasteiger partial charge in [0.2, 0.25) is 5.91 Å². The average molecular weight is 297 g/mol. The minimum Gasteiger partial charge on any atom is -0.366 e. The molecule has 1 saturated carbocycles. The van der Waals surface area contributed by atoms with Gasteiger partial charge < -0.3 is 10.2 Å². The van der Waals surface area contributed by atoms with E-state index in [1.54, 1.807) is 11.8 Å². The van der Waals surface area contributed by atoms with E-state index in [4.69, 9.17) is 0 Å². The molecule has 2 aliphatic rings. The predicted octanol–water partition coefficient (Wildman–Crippen LogP) is 2.45. The Morgan fingerprint density at radius 1 is 1.36 bits per heavy atom. The lowest BCUT2D eigenvalue weighted by Crippen LogP contribution is -2.45. The molecule has 0 bridgehead atoms. The van der Waals surface area contributed by atoms with Gasteiger partial charge in [-0.15, -0.1) is 0 Å². The summed E-state index contributed by atoms with van der Waals surface area (Å²) in [6.45, 7) is 4.34. The van der Waals surface area contributed by atoms with Crippen molar-refractivity contribution in [3.8, 4) is 11.3 Å². The Balaban J connectivity index is 1.70. The van der Waals surface area contributed by atoms with Crippen molar-refractivity contribution in [2.45, 2.75) is 38.8 Å². The van der Waals surface area contributed by atoms with E-state index in [2.05, 4.69) is 21.6 Å². The van der Waals surface area contributed by atoms with Crippen LogP contribution in [-0.4, -0.2) is 33.3 Å². The quantitative estimate of drug-likeness (QED) is 0.925. The summed E-state index contributed by atoms with van der Waals surface area (Å²) >= 11 is 0. The Morgan fingerprint density at radius 2 is 2.18 bits per heavy atom. The molecule has 1 fully saturated rings. The first-order valence-corrected chi connectivity index (χ1v) is 7.73. The fraction of sp³-hybridized carbons (Fsp3) is 0.438. The van der Waals surface area contributed by atoms with Crippen LogP contribution in [0.15, 0.2) is 24.5 Å². The van der Waals surface area contributed by atoms with Crippen molar-refractivity contribution >= 4 is 17.4 Å². The molecule has 114 valence electrons. The van der Waals surface area contributed by atoms with E-state index >= 15 is 0 Å². The van der Waals surface area contributed by atoms with Gasteiger partial charge in [0.05, 0.1) is 29.7 Å². The number of rotatable bonds is 2. The van der Waals surface area contributed by atoms with Gasteiger partial charge in [-0.3, -0.25) is 9.48 Å². The number of fused-ring (bicyclic) bond motifs is 1. The highest BCUT2D eigenvalue weighted by Gasteiger charge is 2.28. The molecule has 6 nitrogen and oxygen atoms in total. The predicted molar refractivity (Wildman–Crippen MR) is 84.8 cm³/mol. The number of carbonyl (C=O) groups excluding carboxylic acids is 1. The number of hydrogen-bond acceptors (Lipinski definition) is 4. The highest BCUT2D eigenvalue weighted by molar-refractivity contribution is 5.96. The van der Waals surface area contributed by atoms with E-state index in [1.165, 1.54) is 12.8 Å². The number of nitrogens with zero attached hydrogens (tertiary/aromatic N) is 4. The minimum absolute atomic E-state index is 0.0475. The van der Waals surface area contributed by atoms with Gasteiger partial charge in [-0.05, 0) is 31.9 Å². The second-order valence-corrected chi connectivity index (χ2v) is 6.12. The molecule has 4 rings (SSSR count). The van der Waals surface area contributed by atoms with Crippen LogP contribution >= 0.6 is 0 Å². The van der Waals surface area contributed by atoms with Crippen molar-refractivity contribution in [2.24, 2.45) is 0 Å². The molecule has 22 heavy (non-hydrogen) atoms. The maximum absolute atomic E-state index is 11.9. The van der Waals surface area contributed by atoms with Gasteiger partial charge >= 0.3 is 0 Å². The molecule has 0 radical (unpaired) electrons. The van der Waals surface area contributed by atoms with E-state index in [-0.39, 0.29) is 11.9 Å². The van der Waals surface area contributed by atoms with Crippen molar-refractivity contribution in [3.05, 3.63) is 24.5 Å². The number of nitrogens with one attached hydrogen (secondary N) is 1. The molecular formula is C16H19N5O. The second-order valence-electron chi connectivity index (χ2n) is 6.12. The smallest absolute Gasteiger partial charge is 0.224 e. The lowest BCUT2D eigenvalue weighted by atomic mass is 10.1. The number of amides is 1. The van der Waals surface area contributed by atoms with E-state index in [1.807, 2.05) is 29.9 Å². The topological polar surface area (TPSA) is 63.1 Å². The van der Waals surface area contributed by atoms with Crippen LogP contribution in [0, 0.1) is 0 Å². The summed E-state index contributed by atoms with van der Waals surface area (Å²) in [4.78, 5) is 18.4. The zero-order valence-corrected chi connectivity index (χ0v) is 12.8. The molecule has 0 aromatic carbocycles. The summed E-state index contributed by atoms with van der Waals surface area (Å²) in [5.41, 5.74) is 2.75. The molecule has 1 aliphatic heterocycles. The SMILES string of the molecule is CC(=O)N1c2ccc(-c3cnn(C4CC4)c3)nc2NCC1C. The van der Waals surface area contributed by atoms with Gasteiger partial charge in [-0.1, -0.05) is 0 Å². The maximum Gasteiger partial charge on any atom is 0.224 e. The van der Waals surface area contributed by atoms with Gasteiger partial charge in [-0.2, -0.15) is 5.10 Å². The van der Waals surface area contributed by atoms with Crippen LogP contribution in [0.25, 0.3) is 11.3 Å². The van der Waals surface area contributed by atoms with Gasteiger partial charge in [0.1, 0.15) is 0 Å². The molecule has 1 aliphatic carbocycles. The highest BCUT2D eigenvalue weighted by Crippen LogP contribution is 2.36. The largest absolute Gasteiger partial charge is 0.366 e. The summed E-state index contributed by atoms with van der Waals surface area (Å²) in [6.07, 6.45) is 6.35. The molecule has 1 amide bonds. The first kappa shape index (κ1) is 13.3. The van der Waals surface area contributed by atoms with E-state index < -0.39 is 0 Å². The summed E-state index contributed by atoms with van der Waals surface area (Å²) in [6, 6.07) is 4.63. The third kappa shape index (κ3) is 2.15. The number of pyridine rings is 1. The van der Waals surface area contributed by atoms with Crippen LogP contribution in [0.5, 0.6) is 0 Å². The highest BCUT2D eigenvalue weighted by atomic mass is 16.2. The molecule has 1 N–H and O–H groups in total. The number of hydrogen-bond donors (Lipinski definition) is 1. The molecule has 0 saturated heterocycles. The Bertz CT molecular complexity index is 734. The van der Waals surface area contributed by atoms with Crippen molar-refractivity contribution < 1.29 is 4.79 Å². The molecule has 2 aromatic heterocycles. The fourth-order valence-corrected chi connectivity index (χ4v) is 3.00. The van der Waals surface area contributed by atoms with E-state index in [0.717, 1.165) is 22.8 Å². The summed E-state index contributed by atoms with van der Waals surface area (Å²) in [5.74, 6) is 0.816. The Kier molecular flexibility index (Phi) is 2.92. The third-order valence-electron chi connectivity index (χ3n) is 4.30. The first-order valence-electron chi connectivity index (χ1n) is 7.73. The normalized spacial score (nSPS) is 20.5. The lowest BCUT2D eigenvalue weighted by Gasteiger charge is -2.34. The Morgan fingerprint density at radius 3 is 2.91 bits per heavy atom. The lowest BCUT2D eigenvalue weighted by molar-refractivity contribution is -0.116. The second kappa shape index (κ2) is 4.83. The molecule has 1 unspecified atom stereocenters. The fourth-order valence-electron chi connectivity index (χ4n) is 3.00. The van der Waals surface area contributed by atoms with E-state index in [0.29, 0.717) is 12.6 Å². The minimum atomic E-state index is 0.0475.